The summed E-state index contributed by atoms with van der Waals surface area (Å²) in [6.45, 7) is 9.54. The van der Waals surface area contributed by atoms with E-state index < -0.39 is 5.54 Å². The van der Waals surface area contributed by atoms with Gasteiger partial charge in [-0.1, -0.05) is 69.7 Å². The van der Waals surface area contributed by atoms with Crippen molar-refractivity contribution in [1.29, 1.82) is 0 Å². The molecule has 164 valence electrons. The molecule has 3 rings (SSSR count). The van der Waals surface area contributed by atoms with E-state index in [0.717, 1.165) is 32.5 Å². The van der Waals surface area contributed by atoms with Gasteiger partial charge in [0.25, 0.3) is 0 Å². The molecule has 5 nitrogen and oxygen atoms in total. The number of nitrogens with zero attached hydrogens (tertiary/aromatic N) is 2. The Morgan fingerprint density at radius 1 is 1.17 bits per heavy atom. The van der Waals surface area contributed by atoms with Gasteiger partial charge < -0.3 is 10.2 Å². The number of piperidine rings is 1. The Hall–Kier alpha value is -2.14. The number of carbonyl (C=O) groups is 2. The van der Waals surface area contributed by atoms with Gasteiger partial charge in [-0.05, 0) is 37.2 Å². The van der Waals surface area contributed by atoms with Crippen LogP contribution in [0.2, 0.25) is 0 Å². The molecule has 2 saturated heterocycles. The van der Waals surface area contributed by atoms with E-state index in [0.29, 0.717) is 31.7 Å². The summed E-state index contributed by atoms with van der Waals surface area (Å²) in [6, 6.07) is 9.93. The van der Waals surface area contributed by atoms with Gasteiger partial charge in [0, 0.05) is 26.2 Å². The molecule has 1 unspecified atom stereocenters. The van der Waals surface area contributed by atoms with Gasteiger partial charge in [0.05, 0.1) is 0 Å². The number of rotatable bonds is 8. The van der Waals surface area contributed by atoms with Gasteiger partial charge in [0.2, 0.25) is 11.8 Å². The molecule has 1 aromatic carbocycles. The van der Waals surface area contributed by atoms with E-state index in [1.54, 1.807) is 0 Å². The Balaban J connectivity index is 1.65. The molecule has 1 N–H and O–H groups in total. The number of hydrogen-bond donors (Lipinski definition) is 1. The smallest absolute Gasteiger partial charge is 0.246 e. The first-order valence-corrected chi connectivity index (χ1v) is 11.5. The van der Waals surface area contributed by atoms with Crippen LogP contribution < -0.4 is 5.32 Å². The molecular weight excluding hydrogens is 374 g/mol. The van der Waals surface area contributed by atoms with Gasteiger partial charge in [-0.3, -0.25) is 14.5 Å². The van der Waals surface area contributed by atoms with Crippen LogP contribution in [-0.2, 0) is 9.59 Å². The molecule has 30 heavy (non-hydrogen) atoms. The number of piperazine rings is 1. The summed E-state index contributed by atoms with van der Waals surface area (Å²) in [7, 11) is 0. The highest BCUT2D eigenvalue weighted by atomic mass is 16.2. The number of likely N-dealkylation sites (tertiary alicyclic amines) is 1. The van der Waals surface area contributed by atoms with Crippen LogP contribution >= 0.6 is 0 Å². The summed E-state index contributed by atoms with van der Waals surface area (Å²) in [5.74, 6) is 0.553. The first-order chi connectivity index (χ1) is 14.5. The molecule has 2 aliphatic rings. The minimum atomic E-state index is -0.667. The van der Waals surface area contributed by atoms with E-state index in [2.05, 4.69) is 55.3 Å². The summed E-state index contributed by atoms with van der Waals surface area (Å²) in [5.41, 5.74) is 0.532. The van der Waals surface area contributed by atoms with Crippen LogP contribution in [0.3, 0.4) is 0 Å². The molecule has 0 aromatic heterocycles. The van der Waals surface area contributed by atoms with E-state index in [4.69, 9.17) is 0 Å². The first-order valence-electron chi connectivity index (χ1n) is 11.5. The predicted octanol–water partition coefficient (Wildman–Crippen LogP) is 3.71. The second-order valence-corrected chi connectivity index (χ2v) is 9.14. The first kappa shape index (κ1) is 22.5. The summed E-state index contributed by atoms with van der Waals surface area (Å²) in [5, 5.41) is 3.08. The van der Waals surface area contributed by atoms with Crippen molar-refractivity contribution in [3.8, 4) is 0 Å². The molecule has 5 heteroatoms. The largest absolute Gasteiger partial charge is 0.342 e. The monoisotopic (exact) mass is 411 g/mol. The molecule has 2 heterocycles. The topological polar surface area (TPSA) is 52.7 Å². The van der Waals surface area contributed by atoms with Gasteiger partial charge in [-0.25, -0.2) is 0 Å². The number of carbonyl (C=O) groups excluding carboxylic acids is 2. The average molecular weight is 412 g/mol. The maximum absolute atomic E-state index is 13.3. The summed E-state index contributed by atoms with van der Waals surface area (Å²) in [4.78, 5) is 30.9. The molecule has 0 saturated carbocycles. The van der Waals surface area contributed by atoms with Gasteiger partial charge in [-0.15, -0.1) is 0 Å². The zero-order valence-electron chi connectivity index (χ0n) is 18.8. The fourth-order valence-electron chi connectivity index (χ4n) is 4.65. The van der Waals surface area contributed by atoms with E-state index in [-0.39, 0.29) is 17.9 Å². The molecule has 1 aromatic rings. The Kier molecular flexibility index (Phi) is 7.70. The van der Waals surface area contributed by atoms with Crippen molar-refractivity contribution in [3.63, 3.8) is 0 Å². The molecule has 0 bridgehead atoms. The average Bonchev–Trinajstić information content (AvgIpc) is 2.74. The van der Waals surface area contributed by atoms with Crippen LogP contribution in [0.25, 0.3) is 6.08 Å². The molecular formula is C25H37N3O2. The molecule has 2 amide bonds. The van der Waals surface area contributed by atoms with Crippen molar-refractivity contribution >= 4 is 17.9 Å². The third kappa shape index (κ3) is 5.12. The number of hydrogen-bond acceptors (Lipinski definition) is 3. The lowest BCUT2D eigenvalue weighted by Gasteiger charge is -2.51. The molecule has 2 fully saturated rings. The van der Waals surface area contributed by atoms with Gasteiger partial charge in [-0.2, -0.15) is 0 Å². The Morgan fingerprint density at radius 3 is 2.50 bits per heavy atom. The maximum atomic E-state index is 13.3. The molecule has 2 aliphatic heterocycles. The summed E-state index contributed by atoms with van der Waals surface area (Å²) >= 11 is 0. The van der Waals surface area contributed by atoms with Crippen molar-refractivity contribution in [2.24, 2.45) is 5.92 Å². The predicted molar refractivity (Wildman–Crippen MR) is 122 cm³/mol. The summed E-state index contributed by atoms with van der Waals surface area (Å²) in [6.07, 6.45) is 8.42. The lowest BCUT2D eigenvalue weighted by molar-refractivity contribution is -0.161. The third-order valence-corrected chi connectivity index (χ3v) is 6.41. The summed E-state index contributed by atoms with van der Waals surface area (Å²) < 4.78 is 0. The SMILES string of the molecule is CCCCN1C(=O)C(CC(C)C)NC(=O)C12CCN(CC=Cc1ccccc1)CC2. The van der Waals surface area contributed by atoms with Gasteiger partial charge in [0.1, 0.15) is 11.6 Å². The normalized spacial score (nSPS) is 22.3. The number of unbranched alkanes of at least 4 members (excludes halogenated alkanes) is 1. The van der Waals surface area contributed by atoms with Crippen molar-refractivity contribution in [2.75, 3.05) is 26.2 Å². The Labute approximate surface area is 181 Å². The second-order valence-electron chi connectivity index (χ2n) is 9.14. The molecule has 0 aliphatic carbocycles. The van der Waals surface area contributed by atoms with Crippen molar-refractivity contribution in [3.05, 3.63) is 42.0 Å². The fraction of sp³-hybridized carbons (Fsp3) is 0.600. The second kappa shape index (κ2) is 10.3. The lowest BCUT2D eigenvalue weighted by Crippen LogP contribution is -2.73. The van der Waals surface area contributed by atoms with Crippen LogP contribution in [0.5, 0.6) is 0 Å². The van der Waals surface area contributed by atoms with E-state index >= 15 is 0 Å². The number of nitrogens with one attached hydrogen (secondary N) is 1. The quantitative estimate of drug-likeness (QED) is 0.710. The van der Waals surface area contributed by atoms with Gasteiger partial charge in [0.15, 0.2) is 0 Å². The Morgan fingerprint density at radius 2 is 1.87 bits per heavy atom. The molecule has 1 atom stereocenters. The number of benzene rings is 1. The lowest BCUT2D eigenvalue weighted by atomic mass is 9.80. The van der Waals surface area contributed by atoms with Crippen molar-refractivity contribution in [1.82, 2.24) is 15.1 Å². The number of amides is 2. The maximum Gasteiger partial charge on any atom is 0.246 e. The third-order valence-electron chi connectivity index (χ3n) is 6.41. The van der Waals surface area contributed by atoms with Crippen LogP contribution in [-0.4, -0.2) is 59.4 Å². The fourth-order valence-corrected chi connectivity index (χ4v) is 4.65. The highest BCUT2D eigenvalue weighted by Gasteiger charge is 2.53. The minimum absolute atomic E-state index is 0.0586. The highest BCUT2D eigenvalue weighted by Crippen LogP contribution is 2.34. The van der Waals surface area contributed by atoms with E-state index in [1.807, 2.05) is 23.1 Å². The van der Waals surface area contributed by atoms with Crippen LogP contribution in [0, 0.1) is 5.92 Å². The Bertz CT molecular complexity index is 736. The van der Waals surface area contributed by atoms with E-state index in [1.165, 1.54) is 5.56 Å². The van der Waals surface area contributed by atoms with Crippen LogP contribution in [0.15, 0.2) is 36.4 Å². The minimum Gasteiger partial charge on any atom is -0.342 e. The van der Waals surface area contributed by atoms with Crippen molar-refractivity contribution < 1.29 is 9.59 Å². The van der Waals surface area contributed by atoms with Crippen LogP contribution in [0.4, 0.5) is 0 Å². The van der Waals surface area contributed by atoms with Gasteiger partial charge >= 0.3 is 0 Å². The molecule has 1 spiro atoms. The molecule has 0 radical (unpaired) electrons. The zero-order valence-corrected chi connectivity index (χ0v) is 18.8. The van der Waals surface area contributed by atoms with Crippen LogP contribution in [0.1, 0.15) is 58.4 Å². The van der Waals surface area contributed by atoms with E-state index in [9.17, 15) is 9.59 Å². The highest BCUT2D eigenvalue weighted by molar-refractivity contribution is 6.00. The zero-order chi connectivity index (χ0) is 21.6. The standard InChI is InChI=1S/C25H37N3O2/c1-4-5-16-28-23(29)22(19-20(2)3)26-24(30)25(28)13-17-27(18-14-25)15-9-12-21-10-7-6-8-11-21/h6-12,20,22H,4-5,13-19H2,1-3H3,(H,26,30). The van der Waals surface area contributed by atoms with Crippen molar-refractivity contribution in [2.45, 2.75) is 64.5 Å².